The molecule has 0 atom stereocenters. The van der Waals surface area contributed by atoms with Gasteiger partial charge in [0.15, 0.2) is 0 Å². The maximum absolute atomic E-state index is 5.29. The van der Waals surface area contributed by atoms with Crippen LogP contribution in [0.3, 0.4) is 0 Å². The maximum Gasteiger partial charge on any atom is 0.133 e. The standard InChI is InChI=1S/C10H6Br2O/c11-8-4-7(5-9(12)6-8)10-2-1-3-13-10/h1-6H. The molecule has 0 radical (unpaired) electrons. The van der Waals surface area contributed by atoms with Crippen LogP contribution in [0.4, 0.5) is 0 Å². The average Bonchev–Trinajstić information content (AvgIpc) is 2.53. The molecule has 0 unspecified atom stereocenters. The van der Waals surface area contributed by atoms with E-state index in [1.807, 2.05) is 30.3 Å². The second-order valence-electron chi connectivity index (χ2n) is 2.64. The lowest BCUT2D eigenvalue weighted by molar-refractivity contribution is 0.582. The van der Waals surface area contributed by atoms with Crippen molar-refractivity contribution in [1.29, 1.82) is 0 Å². The van der Waals surface area contributed by atoms with E-state index in [9.17, 15) is 0 Å². The van der Waals surface area contributed by atoms with Gasteiger partial charge in [0.05, 0.1) is 6.26 Å². The molecule has 13 heavy (non-hydrogen) atoms. The zero-order valence-electron chi connectivity index (χ0n) is 6.63. The summed E-state index contributed by atoms with van der Waals surface area (Å²) in [6.45, 7) is 0. The molecular formula is C10H6Br2O. The zero-order valence-corrected chi connectivity index (χ0v) is 9.80. The molecule has 0 aliphatic heterocycles. The largest absolute Gasteiger partial charge is 0.464 e. The van der Waals surface area contributed by atoms with E-state index in [1.54, 1.807) is 6.26 Å². The van der Waals surface area contributed by atoms with E-state index in [0.29, 0.717) is 0 Å². The van der Waals surface area contributed by atoms with Gasteiger partial charge in [-0.15, -0.1) is 0 Å². The van der Waals surface area contributed by atoms with Crippen LogP contribution in [-0.2, 0) is 0 Å². The Bertz CT molecular complexity index is 387. The fourth-order valence-electron chi connectivity index (χ4n) is 1.14. The maximum atomic E-state index is 5.29. The molecule has 1 nitrogen and oxygen atoms in total. The number of hydrogen-bond acceptors (Lipinski definition) is 1. The van der Waals surface area contributed by atoms with Crippen molar-refractivity contribution in [3.05, 3.63) is 45.5 Å². The Morgan fingerprint density at radius 2 is 1.69 bits per heavy atom. The molecule has 66 valence electrons. The van der Waals surface area contributed by atoms with Crippen molar-refractivity contribution in [2.45, 2.75) is 0 Å². The molecule has 3 heteroatoms. The van der Waals surface area contributed by atoms with Crippen LogP contribution in [-0.4, -0.2) is 0 Å². The van der Waals surface area contributed by atoms with Crippen molar-refractivity contribution in [3.63, 3.8) is 0 Å². The SMILES string of the molecule is Brc1cc(Br)cc(-c2ccco2)c1. The molecule has 0 saturated heterocycles. The molecule has 0 aliphatic rings. The first kappa shape index (κ1) is 9.03. The molecule has 1 aromatic carbocycles. The summed E-state index contributed by atoms with van der Waals surface area (Å²) in [6, 6.07) is 9.85. The lowest BCUT2D eigenvalue weighted by Crippen LogP contribution is -1.74. The quantitative estimate of drug-likeness (QED) is 0.757. The van der Waals surface area contributed by atoms with Crippen LogP contribution in [0.2, 0.25) is 0 Å². The number of halogens is 2. The van der Waals surface area contributed by atoms with Gasteiger partial charge in [-0.25, -0.2) is 0 Å². The van der Waals surface area contributed by atoms with Gasteiger partial charge in [0.25, 0.3) is 0 Å². The highest BCUT2D eigenvalue weighted by molar-refractivity contribution is 9.11. The fraction of sp³-hybridized carbons (Fsp3) is 0. The lowest BCUT2D eigenvalue weighted by Gasteiger charge is -1.99. The minimum absolute atomic E-state index is 0.877. The van der Waals surface area contributed by atoms with E-state index in [2.05, 4.69) is 31.9 Å². The van der Waals surface area contributed by atoms with Crippen LogP contribution in [0, 0.1) is 0 Å². The Balaban J connectivity index is 2.53. The molecule has 2 rings (SSSR count). The van der Waals surface area contributed by atoms with Gasteiger partial charge in [-0.1, -0.05) is 31.9 Å². The third kappa shape index (κ3) is 2.03. The van der Waals surface area contributed by atoms with Crippen molar-refractivity contribution in [2.75, 3.05) is 0 Å². The van der Waals surface area contributed by atoms with Gasteiger partial charge in [-0.2, -0.15) is 0 Å². The van der Waals surface area contributed by atoms with Crippen LogP contribution < -0.4 is 0 Å². The summed E-state index contributed by atoms with van der Waals surface area (Å²) in [4.78, 5) is 0. The smallest absolute Gasteiger partial charge is 0.133 e. The number of rotatable bonds is 1. The molecular weight excluding hydrogens is 296 g/mol. The van der Waals surface area contributed by atoms with Gasteiger partial charge >= 0.3 is 0 Å². The topological polar surface area (TPSA) is 13.1 Å². The molecule has 0 saturated carbocycles. The van der Waals surface area contributed by atoms with Gasteiger partial charge in [0.2, 0.25) is 0 Å². The van der Waals surface area contributed by atoms with Crippen molar-refractivity contribution >= 4 is 31.9 Å². The third-order valence-corrected chi connectivity index (χ3v) is 2.58. The summed E-state index contributed by atoms with van der Waals surface area (Å²) in [6.07, 6.45) is 1.67. The summed E-state index contributed by atoms with van der Waals surface area (Å²) >= 11 is 6.85. The Morgan fingerprint density at radius 1 is 1.00 bits per heavy atom. The van der Waals surface area contributed by atoms with E-state index in [-0.39, 0.29) is 0 Å². The Morgan fingerprint density at radius 3 is 2.23 bits per heavy atom. The number of furan rings is 1. The Kier molecular flexibility index (Phi) is 2.56. The van der Waals surface area contributed by atoms with Gasteiger partial charge in [0, 0.05) is 14.5 Å². The van der Waals surface area contributed by atoms with Gasteiger partial charge in [-0.3, -0.25) is 0 Å². The molecule has 2 aromatic rings. The van der Waals surface area contributed by atoms with Crippen LogP contribution in [0.15, 0.2) is 50.0 Å². The monoisotopic (exact) mass is 300 g/mol. The first-order valence-corrected chi connectivity index (χ1v) is 5.34. The second-order valence-corrected chi connectivity index (χ2v) is 4.47. The van der Waals surface area contributed by atoms with E-state index in [4.69, 9.17) is 4.42 Å². The highest BCUT2D eigenvalue weighted by atomic mass is 79.9. The van der Waals surface area contributed by atoms with Crippen LogP contribution in [0.25, 0.3) is 11.3 Å². The minimum atomic E-state index is 0.877. The molecule has 0 bridgehead atoms. The summed E-state index contributed by atoms with van der Waals surface area (Å²) in [7, 11) is 0. The second kappa shape index (κ2) is 3.68. The molecule has 1 heterocycles. The van der Waals surface area contributed by atoms with Gasteiger partial charge in [0.1, 0.15) is 5.76 Å². The highest BCUT2D eigenvalue weighted by Crippen LogP contribution is 2.27. The average molecular weight is 302 g/mol. The molecule has 0 fully saturated rings. The molecule has 0 amide bonds. The number of benzene rings is 1. The van der Waals surface area contributed by atoms with E-state index < -0.39 is 0 Å². The molecule has 1 aromatic heterocycles. The fourth-order valence-corrected chi connectivity index (χ4v) is 2.43. The van der Waals surface area contributed by atoms with Gasteiger partial charge < -0.3 is 4.42 Å². The summed E-state index contributed by atoms with van der Waals surface area (Å²) < 4.78 is 7.36. The Hall–Kier alpha value is -0.540. The number of hydrogen-bond donors (Lipinski definition) is 0. The van der Waals surface area contributed by atoms with Crippen LogP contribution in [0.1, 0.15) is 0 Å². The molecule has 0 N–H and O–H groups in total. The molecule has 0 spiro atoms. The summed E-state index contributed by atoms with van der Waals surface area (Å²) in [5.74, 6) is 0.877. The van der Waals surface area contributed by atoms with E-state index >= 15 is 0 Å². The summed E-state index contributed by atoms with van der Waals surface area (Å²) in [5, 5.41) is 0. The van der Waals surface area contributed by atoms with Crippen molar-refractivity contribution in [3.8, 4) is 11.3 Å². The van der Waals surface area contributed by atoms with Crippen LogP contribution in [0.5, 0.6) is 0 Å². The van der Waals surface area contributed by atoms with Gasteiger partial charge in [-0.05, 0) is 30.3 Å². The predicted molar refractivity (Wildman–Crippen MR) is 59.5 cm³/mol. The lowest BCUT2D eigenvalue weighted by atomic mass is 10.2. The van der Waals surface area contributed by atoms with E-state index in [0.717, 1.165) is 20.3 Å². The molecule has 0 aliphatic carbocycles. The van der Waals surface area contributed by atoms with Crippen molar-refractivity contribution in [2.24, 2.45) is 0 Å². The van der Waals surface area contributed by atoms with E-state index in [1.165, 1.54) is 0 Å². The normalized spacial score (nSPS) is 10.3. The summed E-state index contributed by atoms with van der Waals surface area (Å²) in [5.41, 5.74) is 1.06. The first-order chi connectivity index (χ1) is 6.25. The third-order valence-electron chi connectivity index (χ3n) is 1.67. The van der Waals surface area contributed by atoms with Crippen molar-refractivity contribution in [1.82, 2.24) is 0 Å². The van der Waals surface area contributed by atoms with Crippen molar-refractivity contribution < 1.29 is 4.42 Å². The zero-order chi connectivity index (χ0) is 9.26. The minimum Gasteiger partial charge on any atom is -0.464 e. The van der Waals surface area contributed by atoms with Crippen LogP contribution >= 0.6 is 31.9 Å². The predicted octanol–water partition coefficient (Wildman–Crippen LogP) is 4.47. The first-order valence-electron chi connectivity index (χ1n) is 3.76. The highest BCUT2D eigenvalue weighted by Gasteiger charge is 2.02. The Labute approximate surface area is 93.0 Å².